The molecule has 5 N–H and O–H groups in total. The molecule has 0 radical (unpaired) electrons. The van der Waals surface area contributed by atoms with E-state index < -0.39 is 5.41 Å². The number of carbonyl (C=O) groups excluding carboxylic acids is 1. The van der Waals surface area contributed by atoms with Crippen LogP contribution in [0.5, 0.6) is 0 Å². The van der Waals surface area contributed by atoms with Gasteiger partial charge in [-0.05, 0) is 47.7 Å². The van der Waals surface area contributed by atoms with Crippen LogP contribution in [0.4, 0.5) is 0 Å². The smallest absolute Gasteiger partial charge is 0.224 e. The van der Waals surface area contributed by atoms with Crippen LogP contribution in [-0.4, -0.2) is 33.1 Å². The second-order valence-corrected chi connectivity index (χ2v) is 6.69. The molecule has 0 aliphatic rings. The summed E-state index contributed by atoms with van der Waals surface area (Å²) in [5.74, 6) is 0.262. The topological polar surface area (TPSA) is 124 Å². The second-order valence-electron chi connectivity index (χ2n) is 6.69. The lowest BCUT2D eigenvalue weighted by molar-refractivity contribution is -0.128. The summed E-state index contributed by atoms with van der Waals surface area (Å²) < 4.78 is 0. The standard InChI is InChI=1S/C20H24N6O/c1-2-20(11-12-21,19(22)27)13-14-7-9-15(10-8-14)16-5-3-4-6-17(16)18-23-25-26-24-18/h3-10H,2,11-13,21H2,1H3,(H2,22,27)(H,23,24,25,26). The van der Waals surface area contributed by atoms with E-state index in [0.29, 0.717) is 31.6 Å². The van der Waals surface area contributed by atoms with Crippen molar-refractivity contribution >= 4 is 5.91 Å². The average Bonchev–Trinajstić information content (AvgIpc) is 3.22. The third kappa shape index (κ3) is 3.88. The minimum absolute atomic E-state index is 0.290. The summed E-state index contributed by atoms with van der Waals surface area (Å²) in [7, 11) is 0. The molecule has 1 heterocycles. The first-order valence-electron chi connectivity index (χ1n) is 9.02. The predicted octanol–water partition coefficient (Wildman–Crippen LogP) is 2.31. The Kier molecular flexibility index (Phi) is 5.61. The van der Waals surface area contributed by atoms with Crippen molar-refractivity contribution in [2.45, 2.75) is 26.2 Å². The maximum Gasteiger partial charge on any atom is 0.224 e. The van der Waals surface area contributed by atoms with Crippen LogP contribution in [0, 0.1) is 5.41 Å². The van der Waals surface area contributed by atoms with Gasteiger partial charge in [0.2, 0.25) is 11.7 Å². The van der Waals surface area contributed by atoms with E-state index in [4.69, 9.17) is 11.5 Å². The van der Waals surface area contributed by atoms with Crippen molar-refractivity contribution in [3.8, 4) is 22.5 Å². The first-order chi connectivity index (χ1) is 13.1. The van der Waals surface area contributed by atoms with Crippen molar-refractivity contribution in [3.63, 3.8) is 0 Å². The van der Waals surface area contributed by atoms with Crippen molar-refractivity contribution in [2.75, 3.05) is 6.54 Å². The van der Waals surface area contributed by atoms with Gasteiger partial charge in [-0.1, -0.05) is 55.5 Å². The summed E-state index contributed by atoms with van der Waals surface area (Å²) in [5.41, 5.74) is 14.8. The first kappa shape index (κ1) is 18.7. The van der Waals surface area contributed by atoms with Crippen molar-refractivity contribution in [2.24, 2.45) is 16.9 Å². The van der Waals surface area contributed by atoms with Crippen molar-refractivity contribution in [1.29, 1.82) is 0 Å². The summed E-state index contributed by atoms with van der Waals surface area (Å²) in [4.78, 5) is 12.1. The lowest BCUT2D eigenvalue weighted by atomic mass is 9.75. The minimum atomic E-state index is -0.598. The molecule has 1 unspecified atom stereocenters. The van der Waals surface area contributed by atoms with Crippen LogP contribution in [0.15, 0.2) is 48.5 Å². The number of hydrogen-bond acceptors (Lipinski definition) is 5. The molecule has 0 bridgehead atoms. The third-order valence-electron chi connectivity index (χ3n) is 5.14. The van der Waals surface area contributed by atoms with E-state index in [9.17, 15) is 4.79 Å². The zero-order chi connectivity index (χ0) is 19.3. The van der Waals surface area contributed by atoms with Gasteiger partial charge in [0.05, 0.1) is 5.41 Å². The average molecular weight is 364 g/mol. The molecule has 0 saturated carbocycles. The van der Waals surface area contributed by atoms with Gasteiger partial charge in [0.1, 0.15) is 0 Å². The summed E-state index contributed by atoms with van der Waals surface area (Å²) >= 11 is 0. The molecule has 0 spiro atoms. The van der Waals surface area contributed by atoms with Gasteiger partial charge in [-0.25, -0.2) is 0 Å². The summed E-state index contributed by atoms with van der Waals surface area (Å²) in [5, 5.41) is 14.3. The highest BCUT2D eigenvalue weighted by Gasteiger charge is 2.34. The number of carbonyl (C=O) groups is 1. The monoisotopic (exact) mass is 364 g/mol. The first-order valence-corrected chi connectivity index (χ1v) is 9.02. The molecule has 0 aliphatic carbocycles. The van der Waals surface area contributed by atoms with Crippen LogP contribution in [0.3, 0.4) is 0 Å². The van der Waals surface area contributed by atoms with E-state index in [2.05, 4.69) is 20.6 Å². The number of hydrogen-bond donors (Lipinski definition) is 3. The van der Waals surface area contributed by atoms with Gasteiger partial charge in [0, 0.05) is 5.56 Å². The van der Waals surface area contributed by atoms with Crippen molar-refractivity contribution in [3.05, 3.63) is 54.1 Å². The van der Waals surface area contributed by atoms with E-state index in [1.807, 2.05) is 55.5 Å². The summed E-state index contributed by atoms with van der Waals surface area (Å²) in [6.45, 7) is 2.42. The number of primary amides is 1. The molecular weight excluding hydrogens is 340 g/mol. The third-order valence-corrected chi connectivity index (χ3v) is 5.14. The van der Waals surface area contributed by atoms with Gasteiger partial charge in [0.15, 0.2) is 0 Å². The Hall–Kier alpha value is -3.06. The van der Waals surface area contributed by atoms with E-state index in [1.54, 1.807) is 0 Å². The molecule has 7 heteroatoms. The Balaban J connectivity index is 1.90. The quantitative estimate of drug-likeness (QED) is 0.566. The fourth-order valence-corrected chi connectivity index (χ4v) is 3.45. The molecular formula is C20H24N6O. The number of nitrogens with zero attached hydrogens (tertiary/aromatic N) is 3. The maximum absolute atomic E-state index is 12.1. The highest BCUT2D eigenvalue weighted by molar-refractivity contribution is 5.82. The molecule has 0 saturated heterocycles. The number of aromatic nitrogens is 4. The van der Waals surface area contributed by atoms with Gasteiger partial charge < -0.3 is 11.5 Å². The number of aromatic amines is 1. The van der Waals surface area contributed by atoms with Gasteiger partial charge in [0.25, 0.3) is 0 Å². The van der Waals surface area contributed by atoms with E-state index in [1.165, 1.54) is 0 Å². The number of tetrazole rings is 1. The fourth-order valence-electron chi connectivity index (χ4n) is 3.45. The molecule has 0 aliphatic heterocycles. The van der Waals surface area contributed by atoms with E-state index >= 15 is 0 Å². The number of rotatable bonds is 8. The lowest BCUT2D eigenvalue weighted by Gasteiger charge is -2.29. The minimum Gasteiger partial charge on any atom is -0.369 e. The molecule has 1 atom stereocenters. The van der Waals surface area contributed by atoms with E-state index in [-0.39, 0.29) is 5.91 Å². The number of nitrogens with one attached hydrogen (secondary N) is 1. The van der Waals surface area contributed by atoms with Crippen molar-refractivity contribution < 1.29 is 4.79 Å². The molecule has 3 aromatic rings. The molecule has 2 aromatic carbocycles. The molecule has 1 aromatic heterocycles. The Bertz CT molecular complexity index is 891. The van der Waals surface area contributed by atoms with Crippen LogP contribution in [0.2, 0.25) is 0 Å². The zero-order valence-corrected chi connectivity index (χ0v) is 15.4. The Morgan fingerprint density at radius 2 is 1.81 bits per heavy atom. The molecule has 7 nitrogen and oxygen atoms in total. The Labute approximate surface area is 158 Å². The molecule has 1 amide bonds. The number of benzene rings is 2. The number of nitrogens with two attached hydrogens (primary N) is 2. The highest BCUT2D eigenvalue weighted by Crippen LogP contribution is 2.33. The van der Waals surface area contributed by atoms with Gasteiger partial charge in [-0.2, -0.15) is 5.21 Å². The number of H-pyrrole nitrogens is 1. The van der Waals surface area contributed by atoms with Crippen LogP contribution >= 0.6 is 0 Å². The Morgan fingerprint density at radius 3 is 2.37 bits per heavy atom. The predicted molar refractivity (Wildman–Crippen MR) is 104 cm³/mol. The molecule has 140 valence electrons. The van der Waals surface area contributed by atoms with Crippen LogP contribution in [-0.2, 0) is 11.2 Å². The van der Waals surface area contributed by atoms with E-state index in [0.717, 1.165) is 22.3 Å². The maximum atomic E-state index is 12.1. The summed E-state index contributed by atoms with van der Waals surface area (Å²) in [6.07, 6.45) is 1.84. The lowest BCUT2D eigenvalue weighted by Crippen LogP contribution is -2.40. The fraction of sp³-hybridized carbons (Fsp3) is 0.300. The van der Waals surface area contributed by atoms with Gasteiger partial charge >= 0.3 is 0 Å². The normalized spacial score (nSPS) is 13.3. The van der Waals surface area contributed by atoms with Crippen LogP contribution < -0.4 is 11.5 Å². The number of amides is 1. The molecule has 3 rings (SSSR count). The van der Waals surface area contributed by atoms with Crippen LogP contribution in [0.1, 0.15) is 25.3 Å². The molecule has 0 fully saturated rings. The Morgan fingerprint density at radius 1 is 1.11 bits per heavy atom. The largest absolute Gasteiger partial charge is 0.369 e. The second kappa shape index (κ2) is 8.09. The van der Waals surface area contributed by atoms with Crippen molar-refractivity contribution in [1.82, 2.24) is 20.6 Å². The van der Waals surface area contributed by atoms with Gasteiger partial charge in [-0.15, -0.1) is 10.2 Å². The van der Waals surface area contributed by atoms with Crippen LogP contribution in [0.25, 0.3) is 22.5 Å². The van der Waals surface area contributed by atoms with Gasteiger partial charge in [-0.3, -0.25) is 4.79 Å². The SMILES string of the molecule is CCC(CCN)(Cc1ccc(-c2ccccc2-c2nn[nH]n2)cc1)C(N)=O. The molecule has 27 heavy (non-hydrogen) atoms. The summed E-state index contributed by atoms with van der Waals surface area (Å²) in [6, 6.07) is 16.1. The zero-order valence-electron chi connectivity index (χ0n) is 15.4. The highest BCUT2D eigenvalue weighted by atomic mass is 16.1.